The molecule has 0 bridgehead atoms. The van der Waals surface area contributed by atoms with Gasteiger partial charge in [0.05, 0.1) is 18.8 Å². The number of benzene rings is 2. The Morgan fingerprint density at radius 1 is 1.13 bits per heavy atom. The van der Waals surface area contributed by atoms with E-state index in [4.69, 9.17) is 15.2 Å². The van der Waals surface area contributed by atoms with E-state index >= 15 is 0 Å². The molecule has 2 atom stereocenters. The number of hydrogen-bond donors (Lipinski definition) is 4. The molecule has 206 valence electrons. The van der Waals surface area contributed by atoms with Crippen LogP contribution in [0.15, 0.2) is 60.8 Å². The molecule has 1 aromatic heterocycles. The minimum atomic E-state index is -0.682. The summed E-state index contributed by atoms with van der Waals surface area (Å²) >= 11 is 0. The van der Waals surface area contributed by atoms with Crippen LogP contribution in [-0.4, -0.2) is 61.4 Å². The van der Waals surface area contributed by atoms with E-state index in [0.29, 0.717) is 37.0 Å². The Kier molecular flexibility index (Phi) is 9.52. The number of nitrogens with two attached hydrogens (primary N) is 1. The molecule has 0 saturated carbocycles. The monoisotopic (exact) mass is 533 g/mol. The van der Waals surface area contributed by atoms with Gasteiger partial charge in [-0.15, -0.1) is 0 Å². The maximum Gasteiger partial charge on any atom is 0.315 e. The first-order valence-corrected chi connectivity index (χ1v) is 13.0. The number of aromatic nitrogens is 2. The van der Waals surface area contributed by atoms with E-state index in [0.717, 1.165) is 24.9 Å². The standard InChI is InChI=1S/C28H35N7O4/c1-19(20-7-4-3-5-8-20)31-28(37)33-22-9-6-14-35(18-22)24-17-30-25(26(29)36)27(34-24)32-21-10-12-23(13-11-21)39-16-15-38-2/h3-5,7-8,10-13,17,19,22H,6,9,14-16,18H2,1-2H3,(H2,29,36)(H,32,34)(H2,31,33,37)/t19-,22-/m1/s1. The van der Waals surface area contributed by atoms with Gasteiger partial charge in [-0.05, 0) is 49.6 Å². The lowest BCUT2D eigenvalue weighted by molar-refractivity contribution is 0.0996. The third-order valence-corrected chi connectivity index (χ3v) is 6.39. The normalized spacial score (nSPS) is 15.7. The van der Waals surface area contributed by atoms with E-state index in [1.807, 2.05) is 66.4 Å². The second-order valence-electron chi connectivity index (χ2n) is 9.32. The Morgan fingerprint density at radius 3 is 2.62 bits per heavy atom. The van der Waals surface area contributed by atoms with Crippen molar-refractivity contribution in [3.05, 3.63) is 72.1 Å². The second kappa shape index (κ2) is 13.4. The third-order valence-electron chi connectivity index (χ3n) is 6.39. The van der Waals surface area contributed by atoms with Crippen LogP contribution in [0.2, 0.25) is 0 Å². The Morgan fingerprint density at radius 2 is 1.90 bits per heavy atom. The number of amides is 3. The van der Waals surface area contributed by atoms with E-state index < -0.39 is 5.91 Å². The molecule has 3 amide bonds. The van der Waals surface area contributed by atoms with Gasteiger partial charge in [0.15, 0.2) is 11.5 Å². The minimum Gasteiger partial charge on any atom is -0.491 e. The summed E-state index contributed by atoms with van der Waals surface area (Å²) in [5.74, 6) is 0.865. The highest BCUT2D eigenvalue weighted by Crippen LogP contribution is 2.25. The Balaban J connectivity index is 1.40. The van der Waals surface area contributed by atoms with Crippen molar-refractivity contribution in [1.82, 2.24) is 20.6 Å². The first kappa shape index (κ1) is 27.6. The number of primary amides is 1. The number of nitrogens with zero attached hydrogens (tertiary/aromatic N) is 3. The predicted octanol–water partition coefficient (Wildman–Crippen LogP) is 3.37. The van der Waals surface area contributed by atoms with Crippen LogP contribution < -0.4 is 31.3 Å². The molecule has 0 radical (unpaired) electrons. The lowest BCUT2D eigenvalue weighted by Crippen LogP contribution is -2.51. The van der Waals surface area contributed by atoms with Crippen LogP contribution in [-0.2, 0) is 4.74 Å². The summed E-state index contributed by atoms with van der Waals surface area (Å²) in [5.41, 5.74) is 7.35. The second-order valence-corrected chi connectivity index (χ2v) is 9.32. The van der Waals surface area contributed by atoms with Crippen molar-refractivity contribution in [2.45, 2.75) is 31.8 Å². The molecule has 2 heterocycles. The molecule has 2 aromatic carbocycles. The van der Waals surface area contributed by atoms with Gasteiger partial charge in [0.25, 0.3) is 5.91 Å². The van der Waals surface area contributed by atoms with Crippen LogP contribution in [0.1, 0.15) is 41.9 Å². The molecule has 39 heavy (non-hydrogen) atoms. The van der Waals surface area contributed by atoms with Gasteiger partial charge >= 0.3 is 6.03 Å². The van der Waals surface area contributed by atoms with Crippen LogP contribution in [0, 0.1) is 0 Å². The maximum absolute atomic E-state index is 12.7. The van der Waals surface area contributed by atoms with Crippen LogP contribution in [0.3, 0.4) is 0 Å². The third kappa shape index (κ3) is 7.81. The molecule has 1 saturated heterocycles. The molecule has 0 aliphatic carbocycles. The van der Waals surface area contributed by atoms with Crippen LogP contribution in [0.4, 0.5) is 22.1 Å². The topological polar surface area (TPSA) is 144 Å². The lowest BCUT2D eigenvalue weighted by atomic mass is 10.1. The number of anilines is 3. The van der Waals surface area contributed by atoms with Crippen LogP contribution >= 0.6 is 0 Å². The Labute approximate surface area is 228 Å². The summed E-state index contributed by atoms with van der Waals surface area (Å²) in [7, 11) is 1.62. The number of rotatable bonds is 11. The number of methoxy groups -OCH3 is 1. The zero-order chi connectivity index (χ0) is 27.6. The molecule has 1 aliphatic heterocycles. The number of piperidine rings is 1. The number of nitrogens with one attached hydrogen (secondary N) is 3. The largest absolute Gasteiger partial charge is 0.491 e. The quantitative estimate of drug-likeness (QED) is 0.275. The highest BCUT2D eigenvalue weighted by atomic mass is 16.5. The molecule has 11 heteroatoms. The molecule has 3 aromatic rings. The summed E-state index contributed by atoms with van der Waals surface area (Å²) in [4.78, 5) is 35.7. The first-order chi connectivity index (χ1) is 18.9. The van der Waals surface area contributed by atoms with Gasteiger partial charge in [0.1, 0.15) is 18.2 Å². The van der Waals surface area contributed by atoms with E-state index in [1.165, 1.54) is 6.20 Å². The molecular weight excluding hydrogens is 498 g/mol. The average molecular weight is 534 g/mol. The van der Waals surface area contributed by atoms with E-state index in [1.54, 1.807) is 7.11 Å². The van der Waals surface area contributed by atoms with Crippen molar-refractivity contribution >= 4 is 29.3 Å². The fraction of sp³-hybridized carbons (Fsp3) is 0.357. The summed E-state index contributed by atoms with van der Waals surface area (Å²) < 4.78 is 10.6. The predicted molar refractivity (Wildman–Crippen MR) is 149 cm³/mol. The molecule has 11 nitrogen and oxygen atoms in total. The van der Waals surface area contributed by atoms with Crippen molar-refractivity contribution in [3.8, 4) is 5.75 Å². The minimum absolute atomic E-state index is 0.0418. The molecule has 0 unspecified atom stereocenters. The van der Waals surface area contributed by atoms with Crippen molar-refractivity contribution in [2.75, 3.05) is 43.6 Å². The van der Waals surface area contributed by atoms with E-state index in [9.17, 15) is 9.59 Å². The highest BCUT2D eigenvalue weighted by molar-refractivity contribution is 5.96. The fourth-order valence-electron chi connectivity index (χ4n) is 4.37. The van der Waals surface area contributed by atoms with Gasteiger partial charge in [-0.25, -0.2) is 14.8 Å². The fourth-order valence-corrected chi connectivity index (χ4v) is 4.37. The van der Waals surface area contributed by atoms with Gasteiger partial charge < -0.3 is 36.1 Å². The number of hydrogen-bond acceptors (Lipinski definition) is 8. The molecule has 1 fully saturated rings. The number of urea groups is 1. The molecule has 0 spiro atoms. The summed E-state index contributed by atoms with van der Waals surface area (Å²) in [5, 5.41) is 9.22. The van der Waals surface area contributed by atoms with Crippen molar-refractivity contribution in [3.63, 3.8) is 0 Å². The van der Waals surface area contributed by atoms with Gasteiger partial charge in [-0.3, -0.25) is 4.79 Å². The maximum atomic E-state index is 12.7. The lowest BCUT2D eigenvalue weighted by Gasteiger charge is -2.34. The van der Waals surface area contributed by atoms with E-state index in [-0.39, 0.29) is 29.6 Å². The summed E-state index contributed by atoms with van der Waals surface area (Å²) in [6.07, 6.45) is 3.25. The summed E-state index contributed by atoms with van der Waals surface area (Å²) in [6, 6.07) is 16.7. The molecule has 1 aliphatic rings. The SMILES string of the molecule is COCCOc1ccc(Nc2nc(N3CCC[C@@H](NC(=O)N[C@H](C)c4ccccc4)C3)cnc2C(N)=O)cc1. The van der Waals surface area contributed by atoms with Gasteiger partial charge in [-0.1, -0.05) is 30.3 Å². The van der Waals surface area contributed by atoms with Gasteiger partial charge in [0.2, 0.25) is 0 Å². The van der Waals surface area contributed by atoms with Gasteiger partial charge in [0, 0.05) is 31.9 Å². The first-order valence-electron chi connectivity index (χ1n) is 13.0. The molecule has 4 rings (SSSR count). The van der Waals surface area contributed by atoms with Crippen LogP contribution in [0.5, 0.6) is 5.75 Å². The summed E-state index contributed by atoms with van der Waals surface area (Å²) in [6.45, 7) is 4.20. The van der Waals surface area contributed by atoms with Crippen molar-refractivity contribution in [2.24, 2.45) is 5.73 Å². The average Bonchev–Trinajstić information content (AvgIpc) is 2.94. The number of ether oxygens (including phenoxy) is 2. The number of carbonyl (C=O) groups excluding carboxylic acids is 2. The van der Waals surface area contributed by atoms with Crippen molar-refractivity contribution < 1.29 is 19.1 Å². The molecular formula is C28H35N7O4. The highest BCUT2D eigenvalue weighted by Gasteiger charge is 2.24. The van der Waals surface area contributed by atoms with Crippen molar-refractivity contribution in [1.29, 1.82) is 0 Å². The zero-order valence-corrected chi connectivity index (χ0v) is 22.2. The number of carbonyl (C=O) groups is 2. The Hall–Kier alpha value is -4.38. The Bertz CT molecular complexity index is 1240. The smallest absolute Gasteiger partial charge is 0.315 e. The van der Waals surface area contributed by atoms with Gasteiger partial charge in [-0.2, -0.15) is 0 Å². The van der Waals surface area contributed by atoms with Crippen LogP contribution in [0.25, 0.3) is 0 Å². The zero-order valence-electron chi connectivity index (χ0n) is 22.2. The molecule has 5 N–H and O–H groups in total. The van der Waals surface area contributed by atoms with E-state index in [2.05, 4.69) is 25.9 Å².